The Bertz CT molecular complexity index is 619. The summed E-state index contributed by atoms with van der Waals surface area (Å²) in [6.07, 6.45) is 3.36. The first-order chi connectivity index (χ1) is 10.2. The topological polar surface area (TPSA) is 67.2 Å². The van der Waals surface area contributed by atoms with Gasteiger partial charge in [-0.3, -0.25) is 4.79 Å². The van der Waals surface area contributed by atoms with Crippen molar-refractivity contribution in [3.8, 4) is 11.3 Å². The van der Waals surface area contributed by atoms with Gasteiger partial charge in [-0.15, -0.1) is 12.4 Å². The number of hydrogen-bond donors (Lipinski definition) is 2. The number of aromatic nitrogens is 1. The van der Waals surface area contributed by atoms with Gasteiger partial charge in [0.15, 0.2) is 11.7 Å². The largest absolute Gasteiger partial charge is 0.441 e. The van der Waals surface area contributed by atoms with Gasteiger partial charge < -0.3 is 15.1 Å². The van der Waals surface area contributed by atoms with E-state index >= 15 is 0 Å². The number of carbonyl (C=O) groups is 1. The third-order valence-electron chi connectivity index (χ3n) is 3.71. The van der Waals surface area contributed by atoms with Gasteiger partial charge in [0.05, 0.1) is 6.20 Å². The third-order valence-corrected chi connectivity index (χ3v) is 3.71. The third kappa shape index (κ3) is 4.08. The van der Waals surface area contributed by atoms with Crippen LogP contribution in [0, 0.1) is 12.8 Å². The van der Waals surface area contributed by atoms with Crippen molar-refractivity contribution in [1.29, 1.82) is 0 Å². The molecule has 0 spiro atoms. The van der Waals surface area contributed by atoms with Gasteiger partial charge in [-0.25, -0.2) is 4.98 Å². The molecule has 0 saturated carbocycles. The number of nitrogens with zero attached hydrogens (tertiary/aromatic N) is 1. The molecule has 1 aliphatic rings. The highest BCUT2D eigenvalue weighted by Gasteiger charge is 2.18. The lowest BCUT2D eigenvalue weighted by Crippen LogP contribution is -2.18. The summed E-state index contributed by atoms with van der Waals surface area (Å²) < 4.78 is 5.47. The molecule has 1 fully saturated rings. The molecule has 2 aromatic rings. The maximum absolute atomic E-state index is 12.0. The summed E-state index contributed by atoms with van der Waals surface area (Å²) in [5.74, 6) is 1.92. The number of oxazole rings is 1. The number of halogens is 1. The molecule has 1 aliphatic heterocycles. The van der Waals surface area contributed by atoms with Crippen molar-refractivity contribution in [2.75, 3.05) is 18.4 Å². The smallest absolute Gasteiger partial charge is 0.224 e. The first kappa shape index (κ1) is 16.5. The van der Waals surface area contributed by atoms with Gasteiger partial charge in [-0.05, 0) is 49.7 Å². The Balaban J connectivity index is 0.00000176. The SMILES string of the molecule is Cc1ncc(-c2ccc(NC(=O)CC3CCNC3)cc2)o1.Cl. The minimum absolute atomic E-state index is 0. The molecule has 1 aromatic heterocycles. The molecular formula is C16H20ClN3O2. The summed E-state index contributed by atoms with van der Waals surface area (Å²) in [6, 6.07) is 7.62. The molecule has 1 atom stereocenters. The van der Waals surface area contributed by atoms with Gasteiger partial charge >= 0.3 is 0 Å². The van der Waals surface area contributed by atoms with E-state index in [1.165, 1.54) is 0 Å². The number of nitrogens with one attached hydrogen (secondary N) is 2. The van der Waals surface area contributed by atoms with Crippen LogP contribution in [0.15, 0.2) is 34.9 Å². The molecule has 22 heavy (non-hydrogen) atoms. The molecule has 6 heteroatoms. The normalized spacial score (nSPS) is 17.0. The highest BCUT2D eigenvalue weighted by molar-refractivity contribution is 5.91. The van der Waals surface area contributed by atoms with E-state index in [9.17, 15) is 4.79 Å². The molecule has 0 aliphatic carbocycles. The Morgan fingerprint density at radius 2 is 2.18 bits per heavy atom. The Labute approximate surface area is 135 Å². The van der Waals surface area contributed by atoms with E-state index in [0.717, 1.165) is 36.5 Å². The average Bonchev–Trinajstić information content (AvgIpc) is 3.11. The van der Waals surface area contributed by atoms with E-state index in [4.69, 9.17) is 4.42 Å². The van der Waals surface area contributed by atoms with Crippen LogP contribution in [0.25, 0.3) is 11.3 Å². The van der Waals surface area contributed by atoms with Crippen LogP contribution < -0.4 is 10.6 Å². The summed E-state index contributed by atoms with van der Waals surface area (Å²) >= 11 is 0. The first-order valence-corrected chi connectivity index (χ1v) is 7.24. The van der Waals surface area contributed by atoms with Crippen LogP contribution in [-0.4, -0.2) is 24.0 Å². The second-order valence-corrected chi connectivity index (χ2v) is 5.43. The first-order valence-electron chi connectivity index (χ1n) is 7.24. The Kier molecular flexibility index (Phi) is 5.57. The summed E-state index contributed by atoms with van der Waals surface area (Å²) in [5.41, 5.74) is 1.76. The van der Waals surface area contributed by atoms with E-state index in [2.05, 4.69) is 15.6 Å². The van der Waals surface area contributed by atoms with Gasteiger partial charge in [0.1, 0.15) is 0 Å². The number of benzene rings is 1. The number of carbonyl (C=O) groups excluding carboxylic acids is 1. The van der Waals surface area contributed by atoms with Crippen LogP contribution in [0.2, 0.25) is 0 Å². The molecule has 1 saturated heterocycles. The maximum Gasteiger partial charge on any atom is 0.224 e. The van der Waals surface area contributed by atoms with Gasteiger partial charge in [0.25, 0.3) is 0 Å². The summed E-state index contributed by atoms with van der Waals surface area (Å²) in [4.78, 5) is 16.0. The number of rotatable bonds is 4. The Morgan fingerprint density at radius 3 is 2.77 bits per heavy atom. The summed E-state index contributed by atoms with van der Waals surface area (Å²) in [7, 11) is 0. The lowest BCUT2D eigenvalue weighted by molar-refractivity contribution is -0.116. The molecule has 2 heterocycles. The minimum Gasteiger partial charge on any atom is -0.441 e. The van der Waals surface area contributed by atoms with Gasteiger partial charge in [0, 0.05) is 24.6 Å². The minimum atomic E-state index is 0. The zero-order valence-electron chi connectivity index (χ0n) is 12.5. The summed E-state index contributed by atoms with van der Waals surface area (Å²) in [6.45, 7) is 3.77. The second-order valence-electron chi connectivity index (χ2n) is 5.43. The fourth-order valence-corrected chi connectivity index (χ4v) is 2.58. The van der Waals surface area contributed by atoms with Crippen molar-refractivity contribution in [3.05, 3.63) is 36.4 Å². The number of amides is 1. The summed E-state index contributed by atoms with van der Waals surface area (Å²) in [5, 5.41) is 6.21. The van der Waals surface area contributed by atoms with Crippen molar-refractivity contribution in [2.24, 2.45) is 5.92 Å². The van der Waals surface area contributed by atoms with Gasteiger partial charge in [-0.2, -0.15) is 0 Å². The Hall–Kier alpha value is -1.85. The van der Waals surface area contributed by atoms with Crippen LogP contribution >= 0.6 is 12.4 Å². The number of hydrogen-bond acceptors (Lipinski definition) is 4. The van der Waals surface area contributed by atoms with Crippen molar-refractivity contribution >= 4 is 24.0 Å². The quantitative estimate of drug-likeness (QED) is 0.908. The van der Waals surface area contributed by atoms with Crippen molar-refractivity contribution in [2.45, 2.75) is 19.8 Å². The van der Waals surface area contributed by atoms with E-state index in [-0.39, 0.29) is 18.3 Å². The zero-order chi connectivity index (χ0) is 14.7. The fourth-order valence-electron chi connectivity index (χ4n) is 2.58. The second kappa shape index (κ2) is 7.42. The van der Waals surface area contributed by atoms with Crippen molar-refractivity contribution in [3.63, 3.8) is 0 Å². The molecule has 0 radical (unpaired) electrons. The Morgan fingerprint density at radius 1 is 1.41 bits per heavy atom. The number of anilines is 1. The van der Waals surface area contributed by atoms with Gasteiger partial charge in [-0.1, -0.05) is 0 Å². The fraction of sp³-hybridized carbons (Fsp3) is 0.375. The van der Waals surface area contributed by atoms with E-state index in [1.807, 2.05) is 31.2 Å². The predicted octanol–water partition coefficient (Wildman–Crippen LogP) is 3.01. The van der Waals surface area contributed by atoms with Crippen molar-refractivity contribution < 1.29 is 9.21 Å². The van der Waals surface area contributed by atoms with Crippen molar-refractivity contribution in [1.82, 2.24) is 10.3 Å². The average molecular weight is 322 g/mol. The predicted molar refractivity (Wildman–Crippen MR) is 88.1 cm³/mol. The highest BCUT2D eigenvalue weighted by atomic mass is 35.5. The zero-order valence-corrected chi connectivity index (χ0v) is 13.3. The molecule has 3 rings (SSSR count). The molecule has 1 amide bonds. The van der Waals surface area contributed by atoms with E-state index in [1.54, 1.807) is 6.20 Å². The molecule has 0 bridgehead atoms. The molecule has 1 unspecified atom stereocenters. The van der Waals surface area contributed by atoms with Gasteiger partial charge in [0.2, 0.25) is 5.91 Å². The lowest BCUT2D eigenvalue weighted by Gasteiger charge is -2.09. The van der Waals surface area contributed by atoms with E-state index in [0.29, 0.717) is 18.2 Å². The molecule has 118 valence electrons. The standard InChI is InChI=1S/C16H19N3O2.ClH/c1-11-18-10-15(21-11)13-2-4-14(5-3-13)19-16(20)8-12-6-7-17-9-12;/h2-5,10,12,17H,6-9H2,1H3,(H,19,20);1H. The van der Waals surface area contributed by atoms with Crippen LogP contribution in [0.1, 0.15) is 18.7 Å². The molecular weight excluding hydrogens is 302 g/mol. The number of aryl methyl sites for hydroxylation is 1. The van der Waals surface area contributed by atoms with Crippen LogP contribution in [0.5, 0.6) is 0 Å². The van der Waals surface area contributed by atoms with Crippen LogP contribution in [0.4, 0.5) is 5.69 Å². The van der Waals surface area contributed by atoms with Crippen LogP contribution in [-0.2, 0) is 4.79 Å². The molecule has 5 nitrogen and oxygen atoms in total. The monoisotopic (exact) mass is 321 g/mol. The maximum atomic E-state index is 12.0. The molecule has 2 N–H and O–H groups in total. The molecule has 1 aromatic carbocycles. The van der Waals surface area contributed by atoms with Crippen LogP contribution in [0.3, 0.4) is 0 Å². The lowest BCUT2D eigenvalue weighted by atomic mass is 10.0. The van der Waals surface area contributed by atoms with E-state index < -0.39 is 0 Å². The highest BCUT2D eigenvalue weighted by Crippen LogP contribution is 2.22.